The van der Waals surface area contributed by atoms with E-state index in [2.05, 4.69) is 20.7 Å². The summed E-state index contributed by atoms with van der Waals surface area (Å²) in [6.45, 7) is -0.764. The van der Waals surface area contributed by atoms with E-state index >= 15 is 4.39 Å². The lowest BCUT2D eigenvalue weighted by molar-refractivity contribution is -0.138. The molecule has 3 rings (SSSR count). The van der Waals surface area contributed by atoms with E-state index in [0.29, 0.717) is 14.2 Å². The molecular formula is C20H18BrFN2O5S. The minimum absolute atomic E-state index is 0.0451. The van der Waals surface area contributed by atoms with Crippen molar-refractivity contribution in [1.29, 1.82) is 0 Å². The first-order valence-electron chi connectivity index (χ1n) is 8.66. The van der Waals surface area contributed by atoms with Crippen LogP contribution in [-0.4, -0.2) is 28.0 Å². The summed E-state index contributed by atoms with van der Waals surface area (Å²) in [5, 5.41) is 5.90. The number of hydrogen-bond acceptors (Lipinski definition) is 5. The molecule has 0 atom stereocenters. The molecule has 7 nitrogen and oxygen atoms in total. The minimum Gasteiger partial charge on any atom is -0.487 e. The number of nitrogens with two attached hydrogens (primary N) is 1. The maximum Gasteiger partial charge on any atom is 0.326 e. The Bertz CT molecular complexity index is 1190. The van der Waals surface area contributed by atoms with Gasteiger partial charge in [-0.15, -0.1) is 0 Å². The Morgan fingerprint density at radius 2 is 1.87 bits per heavy atom. The number of benzene rings is 3. The molecule has 0 aromatic heterocycles. The van der Waals surface area contributed by atoms with Crippen molar-refractivity contribution in [2.45, 2.75) is 6.61 Å². The predicted octanol–water partition coefficient (Wildman–Crippen LogP) is 3.50. The number of hydrogen-bond donors (Lipinski definition) is 1. The van der Waals surface area contributed by atoms with E-state index in [9.17, 15) is 13.2 Å². The third-order valence-corrected chi connectivity index (χ3v) is 5.69. The topological polar surface area (TPSA) is 98.9 Å². The molecule has 0 radical (unpaired) electrons. The standard InChI is InChI=1S/C20H18BrFN2O5S/c1-28-18(25)11-24(30(23,26)27)20-17(29-12-13-5-3-2-4-6-13)10-14-9-15(21)7-8-16(14)19(20)22/h2-10H,11-12H2,1H3,(H2,23,26,27). The van der Waals surface area contributed by atoms with Crippen LogP contribution >= 0.6 is 15.9 Å². The van der Waals surface area contributed by atoms with Crippen LogP contribution in [0.2, 0.25) is 0 Å². The van der Waals surface area contributed by atoms with Crippen LogP contribution in [0.3, 0.4) is 0 Å². The molecule has 0 unspecified atom stereocenters. The summed E-state index contributed by atoms with van der Waals surface area (Å²) in [7, 11) is -3.44. The Labute approximate surface area is 181 Å². The zero-order valence-corrected chi connectivity index (χ0v) is 18.2. The minimum atomic E-state index is -4.52. The van der Waals surface area contributed by atoms with Gasteiger partial charge in [-0.25, -0.2) is 13.8 Å². The third-order valence-electron chi connectivity index (χ3n) is 4.27. The molecule has 0 spiro atoms. The van der Waals surface area contributed by atoms with E-state index in [0.717, 1.165) is 12.7 Å². The van der Waals surface area contributed by atoms with Crippen LogP contribution in [0.25, 0.3) is 10.8 Å². The first kappa shape index (κ1) is 22.0. The number of ether oxygens (including phenoxy) is 2. The molecule has 0 heterocycles. The normalized spacial score (nSPS) is 11.3. The molecule has 3 aromatic rings. The molecule has 2 N–H and O–H groups in total. The van der Waals surface area contributed by atoms with Gasteiger partial charge in [0.2, 0.25) is 0 Å². The number of carbonyl (C=O) groups is 1. The summed E-state index contributed by atoms with van der Waals surface area (Å²) in [6.07, 6.45) is 0. The zero-order chi connectivity index (χ0) is 21.9. The summed E-state index contributed by atoms with van der Waals surface area (Å²) >= 11 is 3.33. The molecule has 0 amide bonds. The number of esters is 1. The molecule has 0 bridgehead atoms. The van der Waals surface area contributed by atoms with Crippen LogP contribution in [0, 0.1) is 5.82 Å². The molecule has 0 fully saturated rings. The van der Waals surface area contributed by atoms with Crippen molar-refractivity contribution in [1.82, 2.24) is 0 Å². The number of halogens is 2. The average Bonchev–Trinajstić information content (AvgIpc) is 2.70. The van der Waals surface area contributed by atoms with Crippen molar-refractivity contribution in [2.24, 2.45) is 5.14 Å². The van der Waals surface area contributed by atoms with Gasteiger partial charge in [0.15, 0.2) is 5.82 Å². The lowest BCUT2D eigenvalue weighted by Crippen LogP contribution is -2.41. The molecule has 0 saturated heterocycles. The van der Waals surface area contributed by atoms with Gasteiger partial charge < -0.3 is 9.47 Å². The lowest BCUT2D eigenvalue weighted by atomic mass is 10.1. The molecule has 3 aromatic carbocycles. The Kier molecular flexibility index (Phi) is 6.59. The third kappa shape index (κ3) is 4.89. The van der Waals surface area contributed by atoms with E-state index in [4.69, 9.17) is 9.88 Å². The molecule has 0 aliphatic carbocycles. The van der Waals surface area contributed by atoms with Gasteiger partial charge in [0, 0.05) is 9.86 Å². The molecule has 0 aliphatic heterocycles. The first-order valence-corrected chi connectivity index (χ1v) is 11.0. The fourth-order valence-electron chi connectivity index (χ4n) is 2.85. The second-order valence-corrected chi connectivity index (χ2v) is 8.69. The highest BCUT2D eigenvalue weighted by Crippen LogP contribution is 2.39. The highest BCUT2D eigenvalue weighted by atomic mass is 79.9. The van der Waals surface area contributed by atoms with Crippen molar-refractivity contribution >= 4 is 48.6 Å². The van der Waals surface area contributed by atoms with E-state index in [1.807, 2.05) is 18.2 Å². The van der Waals surface area contributed by atoms with Crippen molar-refractivity contribution in [2.75, 3.05) is 18.0 Å². The van der Waals surface area contributed by atoms with Crippen molar-refractivity contribution in [3.63, 3.8) is 0 Å². The van der Waals surface area contributed by atoms with Crippen LogP contribution in [0.4, 0.5) is 10.1 Å². The van der Waals surface area contributed by atoms with Gasteiger partial charge in [-0.05, 0) is 29.1 Å². The highest BCUT2D eigenvalue weighted by molar-refractivity contribution is 9.10. The maximum atomic E-state index is 15.5. The average molecular weight is 497 g/mol. The molecule has 158 valence electrons. The Balaban J connectivity index is 2.18. The van der Waals surface area contributed by atoms with Gasteiger partial charge in [0.05, 0.1) is 7.11 Å². The van der Waals surface area contributed by atoms with E-state index in [-0.39, 0.29) is 17.7 Å². The molecule has 0 aliphatic rings. The summed E-state index contributed by atoms with van der Waals surface area (Å²) in [5.74, 6) is -1.88. The largest absolute Gasteiger partial charge is 0.487 e. The summed E-state index contributed by atoms with van der Waals surface area (Å²) < 4.78 is 51.4. The predicted molar refractivity (Wildman–Crippen MR) is 115 cm³/mol. The lowest BCUT2D eigenvalue weighted by Gasteiger charge is -2.24. The quantitative estimate of drug-likeness (QED) is 0.504. The van der Waals surface area contributed by atoms with Gasteiger partial charge in [0.25, 0.3) is 10.2 Å². The fourth-order valence-corrected chi connectivity index (χ4v) is 3.94. The van der Waals surface area contributed by atoms with Crippen molar-refractivity contribution < 1.29 is 27.1 Å². The molecular weight excluding hydrogens is 479 g/mol. The van der Waals surface area contributed by atoms with Gasteiger partial charge in [-0.1, -0.05) is 52.3 Å². The van der Waals surface area contributed by atoms with Crippen LogP contribution in [0.15, 0.2) is 59.1 Å². The smallest absolute Gasteiger partial charge is 0.326 e. The van der Waals surface area contributed by atoms with Gasteiger partial charge in [-0.3, -0.25) is 4.79 Å². The van der Waals surface area contributed by atoms with Crippen molar-refractivity contribution in [3.8, 4) is 5.75 Å². The fraction of sp³-hybridized carbons (Fsp3) is 0.150. The highest BCUT2D eigenvalue weighted by Gasteiger charge is 2.30. The second-order valence-electron chi connectivity index (χ2n) is 6.30. The number of fused-ring (bicyclic) bond motifs is 1. The SMILES string of the molecule is COC(=O)CN(c1c(OCc2ccccc2)cc2cc(Br)ccc2c1F)S(N)(=O)=O. The van der Waals surface area contributed by atoms with Crippen LogP contribution in [-0.2, 0) is 26.3 Å². The van der Waals surface area contributed by atoms with Gasteiger partial charge in [0.1, 0.15) is 24.6 Å². The number of nitrogens with zero attached hydrogens (tertiary/aromatic N) is 1. The molecule has 0 saturated carbocycles. The van der Waals surface area contributed by atoms with Crippen LogP contribution in [0.5, 0.6) is 5.75 Å². The monoisotopic (exact) mass is 496 g/mol. The van der Waals surface area contributed by atoms with Crippen LogP contribution in [0.1, 0.15) is 5.56 Å². The Morgan fingerprint density at radius 1 is 1.17 bits per heavy atom. The Hall–Kier alpha value is -2.69. The zero-order valence-electron chi connectivity index (χ0n) is 15.8. The number of rotatable bonds is 7. The summed E-state index contributed by atoms with van der Waals surface area (Å²) in [4.78, 5) is 11.8. The maximum absolute atomic E-state index is 15.5. The van der Waals surface area contributed by atoms with Gasteiger partial charge >= 0.3 is 5.97 Å². The summed E-state index contributed by atoms with van der Waals surface area (Å²) in [6, 6.07) is 15.3. The number of carbonyl (C=O) groups excluding carboxylic acids is 1. The van der Waals surface area contributed by atoms with Crippen LogP contribution < -0.4 is 14.2 Å². The number of methoxy groups -OCH3 is 1. The molecule has 10 heteroatoms. The van der Waals surface area contributed by atoms with E-state index < -0.39 is 34.2 Å². The van der Waals surface area contributed by atoms with E-state index in [1.54, 1.807) is 24.3 Å². The van der Waals surface area contributed by atoms with E-state index in [1.165, 1.54) is 12.1 Å². The summed E-state index contributed by atoms with van der Waals surface area (Å²) in [5.41, 5.74) is 0.321. The number of anilines is 1. The second kappa shape index (κ2) is 8.99. The van der Waals surface area contributed by atoms with Crippen molar-refractivity contribution in [3.05, 3.63) is 70.5 Å². The Morgan fingerprint density at radius 3 is 2.50 bits per heavy atom. The first-order chi connectivity index (χ1) is 14.2. The molecule has 30 heavy (non-hydrogen) atoms. The van der Waals surface area contributed by atoms with Gasteiger partial charge in [-0.2, -0.15) is 8.42 Å².